The zero-order valence-corrected chi connectivity index (χ0v) is 9.90. The van der Waals surface area contributed by atoms with Crippen molar-refractivity contribution in [3.8, 4) is 12.3 Å². The van der Waals surface area contributed by atoms with Crippen molar-refractivity contribution in [2.45, 2.75) is 24.5 Å². The van der Waals surface area contributed by atoms with Crippen molar-refractivity contribution >= 4 is 16.0 Å². The van der Waals surface area contributed by atoms with Crippen molar-refractivity contribution in [3.05, 3.63) is 0 Å². The van der Waals surface area contributed by atoms with Gasteiger partial charge >= 0.3 is 5.97 Å². The summed E-state index contributed by atoms with van der Waals surface area (Å²) in [4.78, 5) is 10.9. The van der Waals surface area contributed by atoms with Gasteiger partial charge in [0.25, 0.3) is 0 Å². The zero-order chi connectivity index (χ0) is 12.3. The largest absolute Gasteiger partial charge is 0.481 e. The van der Waals surface area contributed by atoms with Crippen molar-refractivity contribution < 1.29 is 18.3 Å². The molecule has 1 rings (SSSR count). The molecule has 0 aromatic heterocycles. The van der Waals surface area contributed by atoms with E-state index in [0.29, 0.717) is 19.3 Å². The second-order valence-corrected chi connectivity index (χ2v) is 6.18. The summed E-state index contributed by atoms with van der Waals surface area (Å²) in [5.74, 6) is 0.398. The van der Waals surface area contributed by atoms with E-state index in [0.717, 1.165) is 4.31 Å². The molecule has 0 aromatic rings. The fourth-order valence-electron chi connectivity index (χ4n) is 2.01. The highest BCUT2D eigenvalue weighted by Crippen LogP contribution is 2.32. The number of rotatable bonds is 4. The predicted octanol–water partition coefficient (Wildman–Crippen LogP) is 0.135. The third-order valence-corrected chi connectivity index (χ3v) is 5.23. The third kappa shape index (κ3) is 2.36. The van der Waals surface area contributed by atoms with Gasteiger partial charge in [-0.25, -0.2) is 8.42 Å². The Kier molecular flexibility index (Phi) is 3.94. The minimum atomic E-state index is -3.59. The first-order valence-electron chi connectivity index (χ1n) is 5.02. The van der Waals surface area contributed by atoms with E-state index >= 15 is 0 Å². The van der Waals surface area contributed by atoms with Gasteiger partial charge in [-0.1, -0.05) is 12.3 Å². The van der Waals surface area contributed by atoms with Crippen molar-refractivity contribution in [1.82, 2.24) is 4.31 Å². The number of hydrogen-bond acceptors (Lipinski definition) is 3. The van der Waals surface area contributed by atoms with E-state index in [-0.39, 0.29) is 6.54 Å². The van der Waals surface area contributed by atoms with E-state index in [1.807, 2.05) is 0 Å². The number of carboxylic acids is 1. The van der Waals surface area contributed by atoms with Crippen LogP contribution in [0.4, 0.5) is 0 Å². The highest BCUT2D eigenvalue weighted by Gasteiger charge is 2.43. The Hall–Kier alpha value is -1.06. The fourth-order valence-corrected chi connectivity index (χ4v) is 3.86. The Morgan fingerprint density at radius 3 is 2.69 bits per heavy atom. The second kappa shape index (κ2) is 4.85. The molecule has 1 saturated carbocycles. The minimum absolute atomic E-state index is 0.0226. The van der Waals surface area contributed by atoms with Crippen LogP contribution in [-0.4, -0.2) is 42.6 Å². The average molecular weight is 245 g/mol. The number of sulfonamides is 1. The molecule has 90 valence electrons. The van der Waals surface area contributed by atoms with Gasteiger partial charge in [0.05, 0.1) is 17.7 Å². The van der Waals surface area contributed by atoms with Crippen LogP contribution in [0.2, 0.25) is 0 Å². The molecule has 5 nitrogen and oxygen atoms in total. The van der Waals surface area contributed by atoms with Crippen molar-refractivity contribution in [3.63, 3.8) is 0 Å². The Balaban J connectivity index is 2.92. The lowest BCUT2D eigenvalue weighted by atomic mass is 10.1. The van der Waals surface area contributed by atoms with E-state index < -0.39 is 27.2 Å². The van der Waals surface area contributed by atoms with Crippen LogP contribution in [0.25, 0.3) is 0 Å². The molecule has 16 heavy (non-hydrogen) atoms. The monoisotopic (exact) mass is 245 g/mol. The molecule has 0 heterocycles. The summed E-state index contributed by atoms with van der Waals surface area (Å²) < 4.78 is 25.1. The van der Waals surface area contributed by atoms with Crippen molar-refractivity contribution in [1.29, 1.82) is 0 Å². The Bertz CT molecular complexity index is 409. The maximum atomic E-state index is 12.0. The summed E-state index contributed by atoms with van der Waals surface area (Å²) in [5.41, 5.74) is 0. The van der Waals surface area contributed by atoms with Crippen LogP contribution >= 0.6 is 0 Å². The zero-order valence-electron chi connectivity index (χ0n) is 9.09. The number of aliphatic carboxylic acids is 1. The quantitative estimate of drug-likeness (QED) is 0.715. The maximum Gasteiger partial charge on any atom is 0.307 e. The molecule has 1 aliphatic carbocycles. The molecule has 0 saturated heterocycles. The number of terminal acetylenes is 1. The summed E-state index contributed by atoms with van der Waals surface area (Å²) in [6, 6.07) is 0. The lowest BCUT2D eigenvalue weighted by Crippen LogP contribution is -2.40. The van der Waals surface area contributed by atoms with Gasteiger partial charge in [-0.2, -0.15) is 4.31 Å². The molecule has 0 radical (unpaired) electrons. The second-order valence-electron chi connectivity index (χ2n) is 3.92. The van der Waals surface area contributed by atoms with E-state index in [9.17, 15) is 13.2 Å². The molecule has 2 unspecified atom stereocenters. The number of nitrogens with zero attached hydrogens (tertiary/aromatic N) is 1. The van der Waals surface area contributed by atoms with Crippen LogP contribution in [0, 0.1) is 18.3 Å². The highest BCUT2D eigenvalue weighted by molar-refractivity contribution is 7.89. The van der Waals surface area contributed by atoms with Crippen LogP contribution in [-0.2, 0) is 14.8 Å². The SMILES string of the molecule is C#CCN(C)S(=O)(=O)C1CCCC1C(=O)O. The van der Waals surface area contributed by atoms with Crippen LogP contribution in [0.3, 0.4) is 0 Å². The third-order valence-electron chi connectivity index (χ3n) is 2.90. The smallest absolute Gasteiger partial charge is 0.307 e. The highest BCUT2D eigenvalue weighted by atomic mass is 32.2. The molecular formula is C10H15NO4S. The fraction of sp³-hybridized carbons (Fsp3) is 0.700. The van der Waals surface area contributed by atoms with Gasteiger partial charge in [0, 0.05) is 7.05 Å². The van der Waals surface area contributed by atoms with Crippen molar-refractivity contribution in [2.75, 3.05) is 13.6 Å². The predicted molar refractivity (Wildman–Crippen MR) is 59.1 cm³/mol. The van der Waals surface area contributed by atoms with Gasteiger partial charge < -0.3 is 5.11 Å². The van der Waals surface area contributed by atoms with Crippen LogP contribution < -0.4 is 0 Å². The number of carboxylic acid groups (broad SMARTS) is 1. The van der Waals surface area contributed by atoms with Crippen molar-refractivity contribution in [2.24, 2.45) is 5.92 Å². The van der Waals surface area contributed by atoms with Gasteiger partial charge in [-0.3, -0.25) is 4.79 Å². The molecule has 0 bridgehead atoms. The lowest BCUT2D eigenvalue weighted by Gasteiger charge is -2.22. The van der Waals surface area contributed by atoms with Gasteiger partial charge in [0.2, 0.25) is 10.0 Å². The molecule has 0 aliphatic heterocycles. The summed E-state index contributed by atoms with van der Waals surface area (Å²) in [5, 5.41) is 8.11. The van der Waals surface area contributed by atoms with Crippen LogP contribution in [0.15, 0.2) is 0 Å². The van der Waals surface area contributed by atoms with E-state index in [1.165, 1.54) is 7.05 Å². The average Bonchev–Trinajstić information content (AvgIpc) is 2.66. The molecular weight excluding hydrogens is 230 g/mol. The molecule has 0 spiro atoms. The first-order valence-corrected chi connectivity index (χ1v) is 6.53. The molecule has 1 aliphatic rings. The molecule has 0 amide bonds. The Morgan fingerprint density at radius 2 is 2.19 bits per heavy atom. The molecule has 6 heteroatoms. The first-order chi connectivity index (χ1) is 7.41. The van der Waals surface area contributed by atoms with Gasteiger partial charge in [-0.15, -0.1) is 6.42 Å². The van der Waals surface area contributed by atoms with E-state index in [2.05, 4.69) is 5.92 Å². The first kappa shape index (κ1) is 13.0. The van der Waals surface area contributed by atoms with Gasteiger partial charge in [-0.05, 0) is 12.8 Å². The topological polar surface area (TPSA) is 74.7 Å². The minimum Gasteiger partial charge on any atom is -0.481 e. The summed E-state index contributed by atoms with van der Waals surface area (Å²) >= 11 is 0. The number of hydrogen-bond donors (Lipinski definition) is 1. The summed E-state index contributed by atoms with van der Waals surface area (Å²) in [7, 11) is -2.20. The number of carbonyl (C=O) groups is 1. The summed E-state index contributed by atoms with van der Waals surface area (Å²) in [6.45, 7) is -0.0226. The Morgan fingerprint density at radius 1 is 1.56 bits per heavy atom. The molecule has 1 fully saturated rings. The van der Waals surface area contributed by atoms with Gasteiger partial charge in [0.1, 0.15) is 0 Å². The lowest BCUT2D eigenvalue weighted by molar-refractivity contribution is -0.141. The van der Waals surface area contributed by atoms with E-state index in [4.69, 9.17) is 11.5 Å². The summed E-state index contributed by atoms with van der Waals surface area (Å²) in [6.07, 6.45) is 6.49. The van der Waals surface area contributed by atoms with Crippen LogP contribution in [0.5, 0.6) is 0 Å². The van der Waals surface area contributed by atoms with Crippen LogP contribution in [0.1, 0.15) is 19.3 Å². The maximum absolute atomic E-state index is 12.0. The molecule has 0 aromatic carbocycles. The normalized spacial score (nSPS) is 25.6. The van der Waals surface area contributed by atoms with Gasteiger partial charge in [0.15, 0.2) is 0 Å². The standard InChI is InChI=1S/C10H15NO4S/c1-3-7-11(2)16(14,15)9-6-4-5-8(9)10(12)13/h1,8-9H,4-7H2,2H3,(H,12,13). The molecule has 2 atom stereocenters. The molecule has 1 N–H and O–H groups in total. The van der Waals surface area contributed by atoms with E-state index in [1.54, 1.807) is 0 Å². The Labute approximate surface area is 95.5 Å².